The second kappa shape index (κ2) is 5.96. The van der Waals surface area contributed by atoms with Gasteiger partial charge in [-0.15, -0.1) is 0 Å². The Balaban J connectivity index is 2.85. The fraction of sp³-hybridized carbons (Fsp3) is 0.571. The zero-order chi connectivity index (χ0) is 13.8. The average molecular weight is 249 g/mol. The fourth-order valence-corrected chi connectivity index (χ4v) is 2.18. The number of carbonyl (C=O) groups is 1. The highest BCUT2D eigenvalue weighted by Crippen LogP contribution is 2.19. The van der Waals surface area contributed by atoms with Crippen molar-refractivity contribution in [2.75, 3.05) is 18.8 Å². The van der Waals surface area contributed by atoms with Crippen LogP contribution in [0.5, 0.6) is 0 Å². The number of nitrogens with two attached hydrogens (primary N) is 1. The molecule has 100 valence electrons. The van der Waals surface area contributed by atoms with E-state index in [1.54, 1.807) is 6.20 Å². The van der Waals surface area contributed by atoms with Crippen LogP contribution in [0.1, 0.15) is 33.3 Å². The van der Waals surface area contributed by atoms with Gasteiger partial charge in [0.05, 0.1) is 5.54 Å². The molecule has 1 aromatic heterocycles. The lowest BCUT2D eigenvalue weighted by molar-refractivity contribution is -0.128. The molecular weight excluding hydrogens is 226 g/mol. The van der Waals surface area contributed by atoms with Crippen molar-refractivity contribution in [1.82, 2.24) is 9.88 Å². The van der Waals surface area contributed by atoms with Crippen LogP contribution in [0.25, 0.3) is 0 Å². The van der Waals surface area contributed by atoms with Gasteiger partial charge in [-0.1, -0.05) is 19.9 Å². The Hall–Kier alpha value is -1.42. The second-order valence-electron chi connectivity index (χ2n) is 4.88. The molecule has 1 rings (SSSR count). The number of nitrogens with zero attached hydrogens (tertiary/aromatic N) is 2. The second-order valence-corrected chi connectivity index (χ2v) is 4.88. The molecule has 0 aliphatic rings. The van der Waals surface area contributed by atoms with Crippen LogP contribution in [0.4, 0.5) is 5.82 Å². The van der Waals surface area contributed by atoms with E-state index in [9.17, 15) is 4.79 Å². The van der Waals surface area contributed by atoms with E-state index < -0.39 is 5.54 Å². The normalized spacial score (nSPS) is 11.8. The largest absolute Gasteiger partial charge is 0.383 e. The van der Waals surface area contributed by atoms with Crippen molar-refractivity contribution in [2.24, 2.45) is 0 Å². The van der Waals surface area contributed by atoms with E-state index in [0.29, 0.717) is 12.2 Å². The summed E-state index contributed by atoms with van der Waals surface area (Å²) in [5.41, 5.74) is 6.12. The molecule has 2 N–H and O–H groups in total. The summed E-state index contributed by atoms with van der Waals surface area (Å²) in [5, 5.41) is 0. The summed E-state index contributed by atoms with van der Waals surface area (Å²) < 4.78 is 0. The summed E-state index contributed by atoms with van der Waals surface area (Å²) >= 11 is 0. The Bertz CT molecular complexity index is 411. The van der Waals surface area contributed by atoms with E-state index in [0.717, 1.165) is 18.7 Å². The summed E-state index contributed by atoms with van der Waals surface area (Å²) in [4.78, 5) is 18.6. The van der Waals surface area contributed by atoms with Crippen molar-refractivity contribution >= 4 is 11.6 Å². The van der Waals surface area contributed by atoms with E-state index >= 15 is 0 Å². The minimum absolute atomic E-state index is 0.172. The summed E-state index contributed by atoms with van der Waals surface area (Å²) in [6.07, 6.45) is 1.97. The number of anilines is 1. The van der Waals surface area contributed by atoms with Gasteiger partial charge in [0.15, 0.2) is 5.78 Å². The van der Waals surface area contributed by atoms with Crippen LogP contribution in [0.3, 0.4) is 0 Å². The zero-order valence-electron chi connectivity index (χ0n) is 11.7. The molecule has 0 amide bonds. The van der Waals surface area contributed by atoms with Gasteiger partial charge in [0.25, 0.3) is 0 Å². The smallest absolute Gasteiger partial charge is 0.157 e. The zero-order valence-corrected chi connectivity index (χ0v) is 11.7. The Morgan fingerprint density at radius 2 is 2.00 bits per heavy atom. The average Bonchev–Trinajstić information content (AvgIpc) is 2.33. The minimum Gasteiger partial charge on any atom is -0.383 e. The predicted molar refractivity (Wildman–Crippen MR) is 74.4 cm³/mol. The molecule has 0 bridgehead atoms. The SMILES string of the molecule is CCN(CC)C(C)(C)C(=O)Cc1cccnc1N. The van der Waals surface area contributed by atoms with Gasteiger partial charge in [0, 0.05) is 18.2 Å². The summed E-state index contributed by atoms with van der Waals surface area (Å²) in [7, 11) is 0. The molecule has 0 atom stereocenters. The van der Waals surface area contributed by atoms with E-state index in [4.69, 9.17) is 5.73 Å². The highest BCUT2D eigenvalue weighted by Gasteiger charge is 2.32. The molecule has 0 aliphatic carbocycles. The molecule has 18 heavy (non-hydrogen) atoms. The van der Waals surface area contributed by atoms with Gasteiger partial charge in [-0.05, 0) is 33.0 Å². The van der Waals surface area contributed by atoms with Crippen LogP contribution in [0.15, 0.2) is 18.3 Å². The van der Waals surface area contributed by atoms with E-state index in [2.05, 4.69) is 23.7 Å². The fourth-order valence-electron chi connectivity index (χ4n) is 2.18. The lowest BCUT2D eigenvalue weighted by Gasteiger charge is -2.35. The van der Waals surface area contributed by atoms with Crippen LogP contribution in [-0.2, 0) is 11.2 Å². The van der Waals surface area contributed by atoms with Gasteiger partial charge >= 0.3 is 0 Å². The Morgan fingerprint density at radius 3 is 2.50 bits per heavy atom. The molecule has 0 fully saturated rings. The molecule has 4 nitrogen and oxygen atoms in total. The Labute approximate surface area is 109 Å². The molecule has 0 radical (unpaired) electrons. The van der Waals surface area contributed by atoms with Crippen LogP contribution in [-0.4, -0.2) is 34.3 Å². The first kappa shape index (κ1) is 14.6. The number of carbonyl (C=O) groups excluding carboxylic acids is 1. The first-order chi connectivity index (χ1) is 8.43. The predicted octanol–water partition coefficient (Wildman–Crippen LogP) is 1.90. The number of hydrogen-bond acceptors (Lipinski definition) is 4. The first-order valence-corrected chi connectivity index (χ1v) is 6.41. The molecule has 0 saturated carbocycles. The molecule has 1 aromatic rings. The molecule has 0 spiro atoms. The number of pyridine rings is 1. The maximum Gasteiger partial charge on any atom is 0.157 e. The number of hydrogen-bond donors (Lipinski definition) is 1. The maximum atomic E-state index is 12.4. The number of likely N-dealkylation sites (N-methyl/N-ethyl adjacent to an activating group) is 1. The topological polar surface area (TPSA) is 59.2 Å². The van der Waals surface area contributed by atoms with Crippen LogP contribution < -0.4 is 5.73 Å². The van der Waals surface area contributed by atoms with Gasteiger partial charge < -0.3 is 5.73 Å². The Kier molecular flexibility index (Phi) is 4.84. The number of Topliss-reactive ketones (excluding diaryl/α,β-unsaturated/α-hetero) is 1. The van der Waals surface area contributed by atoms with Crippen LogP contribution >= 0.6 is 0 Å². The van der Waals surface area contributed by atoms with Crippen LogP contribution in [0, 0.1) is 0 Å². The molecule has 0 aliphatic heterocycles. The van der Waals surface area contributed by atoms with Crippen molar-refractivity contribution in [3.05, 3.63) is 23.9 Å². The lowest BCUT2D eigenvalue weighted by atomic mass is 9.92. The molecule has 1 heterocycles. The van der Waals surface area contributed by atoms with E-state index in [-0.39, 0.29) is 5.78 Å². The van der Waals surface area contributed by atoms with E-state index in [1.807, 2.05) is 26.0 Å². The quantitative estimate of drug-likeness (QED) is 0.836. The third-order valence-electron chi connectivity index (χ3n) is 3.51. The maximum absolute atomic E-state index is 12.4. The molecule has 0 aromatic carbocycles. The van der Waals surface area contributed by atoms with Gasteiger partial charge in [0.2, 0.25) is 0 Å². The number of aromatic nitrogens is 1. The molecule has 0 saturated heterocycles. The van der Waals surface area contributed by atoms with Gasteiger partial charge in [0.1, 0.15) is 5.82 Å². The van der Waals surface area contributed by atoms with E-state index in [1.165, 1.54) is 0 Å². The van der Waals surface area contributed by atoms with Crippen molar-refractivity contribution in [1.29, 1.82) is 0 Å². The molecular formula is C14H23N3O. The molecule has 4 heteroatoms. The van der Waals surface area contributed by atoms with Crippen molar-refractivity contribution < 1.29 is 4.79 Å². The first-order valence-electron chi connectivity index (χ1n) is 6.41. The van der Waals surface area contributed by atoms with Crippen molar-refractivity contribution in [3.63, 3.8) is 0 Å². The van der Waals surface area contributed by atoms with Crippen molar-refractivity contribution in [2.45, 2.75) is 39.7 Å². The summed E-state index contributed by atoms with van der Waals surface area (Å²) in [5.74, 6) is 0.618. The lowest BCUT2D eigenvalue weighted by Crippen LogP contribution is -2.50. The van der Waals surface area contributed by atoms with Crippen LogP contribution in [0.2, 0.25) is 0 Å². The van der Waals surface area contributed by atoms with Crippen molar-refractivity contribution in [3.8, 4) is 0 Å². The third-order valence-corrected chi connectivity index (χ3v) is 3.51. The highest BCUT2D eigenvalue weighted by molar-refractivity contribution is 5.90. The standard InChI is InChI=1S/C14H23N3O/c1-5-17(6-2)14(3,4)12(18)10-11-8-7-9-16-13(11)15/h7-9H,5-6,10H2,1-4H3,(H2,15,16). The third kappa shape index (κ3) is 3.07. The molecule has 0 unspecified atom stereocenters. The number of nitrogen functional groups attached to an aromatic ring is 1. The van der Waals surface area contributed by atoms with Gasteiger partial charge in [-0.3, -0.25) is 9.69 Å². The van der Waals surface area contributed by atoms with Gasteiger partial charge in [-0.2, -0.15) is 0 Å². The monoisotopic (exact) mass is 249 g/mol. The van der Waals surface area contributed by atoms with Gasteiger partial charge in [-0.25, -0.2) is 4.98 Å². The summed E-state index contributed by atoms with van der Waals surface area (Å²) in [6.45, 7) is 9.78. The highest BCUT2D eigenvalue weighted by atomic mass is 16.1. The number of ketones is 1. The summed E-state index contributed by atoms with van der Waals surface area (Å²) in [6, 6.07) is 3.67. The number of rotatable bonds is 6. The minimum atomic E-state index is -0.466. The Morgan fingerprint density at radius 1 is 1.39 bits per heavy atom.